The quantitative estimate of drug-likeness (QED) is 0.0256. The van der Waals surface area contributed by atoms with E-state index in [-0.39, 0.29) is 23.9 Å². The first kappa shape index (κ1) is 51.2. The normalized spacial score (nSPS) is 13.1. The molecule has 1 aromatic heterocycles. The molecule has 14 heteroatoms. The van der Waals surface area contributed by atoms with E-state index in [0.717, 1.165) is 88.5 Å². The lowest BCUT2D eigenvalue weighted by atomic mass is 9.92. The van der Waals surface area contributed by atoms with Crippen molar-refractivity contribution in [3.8, 4) is 22.8 Å². The Kier molecular flexibility index (Phi) is 20.6. The number of ketones is 1. The fourth-order valence-electron chi connectivity index (χ4n) is 7.87. The number of rotatable bonds is 29. The van der Waals surface area contributed by atoms with E-state index < -0.39 is 10.1 Å². The summed E-state index contributed by atoms with van der Waals surface area (Å²) in [5.41, 5.74) is 8.78. The van der Waals surface area contributed by atoms with Gasteiger partial charge in [-0.1, -0.05) is 60.2 Å². The number of benzene rings is 4. The van der Waals surface area contributed by atoms with Gasteiger partial charge < -0.3 is 38.1 Å². The number of aryl methyl sites for hydroxylation is 2. The Morgan fingerprint density at radius 2 is 1.34 bits per heavy atom. The zero-order valence-electron chi connectivity index (χ0n) is 39.4. The minimum atomic E-state index is -3.80. The molecule has 0 bridgehead atoms. The monoisotopic (exact) mass is 938 g/mol. The largest absolute Gasteiger partial charge is 0.491 e. The Hall–Kier alpha value is -5.19. The molecule has 2 heterocycles. The molecule has 360 valence electrons. The van der Waals surface area contributed by atoms with Crippen LogP contribution in [0.15, 0.2) is 108 Å². The van der Waals surface area contributed by atoms with E-state index in [2.05, 4.69) is 29.8 Å². The maximum Gasteiger partial charge on any atom is 0.297 e. The summed E-state index contributed by atoms with van der Waals surface area (Å²) in [5.74, 6) is 1.37. The van der Waals surface area contributed by atoms with Crippen LogP contribution in [0.3, 0.4) is 0 Å². The molecular weight excluding hydrogens is 873 g/mol. The van der Waals surface area contributed by atoms with Gasteiger partial charge in [-0.15, -0.1) is 0 Å². The molecule has 1 fully saturated rings. The number of anilines is 1. The Morgan fingerprint density at radius 1 is 0.716 bits per heavy atom. The number of Topliss-reactive ketones (excluding diaryl/α,β-unsaturated/α-hetero) is 1. The van der Waals surface area contributed by atoms with Crippen LogP contribution in [-0.2, 0) is 51.0 Å². The lowest BCUT2D eigenvalue weighted by molar-refractivity contribution is -0.00682. The van der Waals surface area contributed by atoms with E-state index in [1.807, 2.05) is 80.6 Å². The third kappa shape index (κ3) is 16.0. The summed E-state index contributed by atoms with van der Waals surface area (Å²) in [6.07, 6.45) is 4.47. The molecule has 6 rings (SSSR count). The van der Waals surface area contributed by atoms with E-state index in [1.54, 1.807) is 18.3 Å². The molecule has 1 aliphatic heterocycles. The molecule has 13 nitrogen and oxygen atoms in total. The van der Waals surface area contributed by atoms with E-state index in [4.69, 9.17) is 37.3 Å². The van der Waals surface area contributed by atoms with Crippen LogP contribution in [0.2, 0.25) is 0 Å². The van der Waals surface area contributed by atoms with Crippen molar-refractivity contribution in [2.45, 2.75) is 70.9 Å². The third-order valence-electron chi connectivity index (χ3n) is 11.6. The van der Waals surface area contributed by atoms with Gasteiger partial charge in [-0.2, -0.15) is 8.42 Å². The Bertz CT molecular complexity index is 2370. The van der Waals surface area contributed by atoms with Crippen molar-refractivity contribution >= 4 is 21.6 Å². The molecule has 5 aromatic rings. The zero-order chi connectivity index (χ0) is 47.3. The molecule has 0 unspecified atom stereocenters. The summed E-state index contributed by atoms with van der Waals surface area (Å²) in [6.45, 7) is 14.0. The second-order valence-electron chi connectivity index (χ2n) is 16.3. The molecule has 0 saturated carbocycles. The van der Waals surface area contributed by atoms with Gasteiger partial charge in [0.2, 0.25) is 5.88 Å². The zero-order valence-corrected chi connectivity index (χ0v) is 40.2. The first-order chi connectivity index (χ1) is 32.6. The van der Waals surface area contributed by atoms with Crippen molar-refractivity contribution < 1.29 is 50.6 Å². The van der Waals surface area contributed by atoms with Crippen molar-refractivity contribution in [1.82, 2.24) is 4.98 Å². The number of nitrogens with zero attached hydrogens (tertiary/aromatic N) is 2. The van der Waals surface area contributed by atoms with Crippen LogP contribution < -0.4 is 14.4 Å². The van der Waals surface area contributed by atoms with E-state index >= 15 is 0 Å². The fourth-order valence-corrected chi connectivity index (χ4v) is 8.76. The summed E-state index contributed by atoms with van der Waals surface area (Å²) >= 11 is 0. The predicted molar refractivity (Wildman–Crippen MR) is 259 cm³/mol. The maximum absolute atomic E-state index is 14.3. The highest BCUT2D eigenvalue weighted by Crippen LogP contribution is 2.35. The van der Waals surface area contributed by atoms with Gasteiger partial charge in [0, 0.05) is 55.2 Å². The second kappa shape index (κ2) is 27.0. The SMILES string of the molecule is CCN(c1cc(-c2ccc(OCCOCCOCCOCCOCCOS(=O)(=O)c3ccc(C)cc3)cc2)cc(C(=O)CCc2c(C)ccnc2OCc2ccccc2)c1C)C1CCOCC1. The summed E-state index contributed by atoms with van der Waals surface area (Å²) in [5, 5.41) is 0. The molecule has 0 spiro atoms. The molecule has 4 aromatic carbocycles. The highest BCUT2D eigenvalue weighted by molar-refractivity contribution is 7.86. The minimum absolute atomic E-state index is 0.0733. The number of aromatic nitrogens is 1. The Balaban J connectivity index is 0.936. The maximum atomic E-state index is 14.3. The lowest BCUT2D eigenvalue weighted by Gasteiger charge is -2.37. The van der Waals surface area contributed by atoms with Gasteiger partial charge in [-0.05, 0) is 117 Å². The number of hydrogen-bond donors (Lipinski definition) is 0. The van der Waals surface area contributed by atoms with Gasteiger partial charge in [0.05, 0.1) is 64.4 Å². The van der Waals surface area contributed by atoms with Crippen LogP contribution in [0.1, 0.15) is 64.4 Å². The molecule has 1 aliphatic rings. The van der Waals surface area contributed by atoms with E-state index in [9.17, 15) is 13.2 Å². The topological polar surface area (TPSA) is 141 Å². The van der Waals surface area contributed by atoms with Crippen molar-refractivity contribution in [2.24, 2.45) is 0 Å². The molecule has 0 atom stereocenters. The van der Waals surface area contributed by atoms with Crippen molar-refractivity contribution in [1.29, 1.82) is 0 Å². The van der Waals surface area contributed by atoms with Crippen LogP contribution in [0, 0.1) is 20.8 Å². The highest BCUT2D eigenvalue weighted by Gasteiger charge is 2.25. The van der Waals surface area contributed by atoms with Crippen molar-refractivity contribution in [3.63, 3.8) is 0 Å². The number of hydrogen-bond acceptors (Lipinski definition) is 13. The highest BCUT2D eigenvalue weighted by atomic mass is 32.2. The number of carbonyl (C=O) groups is 1. The molecular formula is C53H66N2O11S. The summed E-state index contributed by atoms with van der Waals surface area (Å²) < 4.78 is 69.6. The number of ether oxygens (including phenoxy) is 7. The third-order valence-corrected chi connectivity index (χ3v) is 12.9. The van der Waals surface area contributed by atoms with Gasteiger partial charge in [0.1, 0.15) is 19.0 Å². The van der Waals surface area contributed by atoms with Gasteiger partial charge in [-0.25, -0.2) is 4.98 Å². The standard InChI is InChI=1S/C53H66N2O11S/c1-5-55(46-22-25-59-26-23-46)51-38-45(37-50(42(51)4)52(56)20-19-49-41(3)21-24-54-53(49)65-39-43-9-7-6-8-10-43)44-13-15-47(16-14-44)64-35-33-62-31-29-60-27-28-61-30-32-63-34-36-66-67(57,58)48-17-11-40(2)12-18-48/h6-18,21,24,37-38,46H,5,19-20,22-23,25-36,39H2,1-4H3. The molecule has 1 saturated heterocycles. The van der Waals surface area contributed by atoms with Crippen molar-refractivity contribution in [3.05, 3.63) is 137 Å². The van der Waals surface area contributed by atoms with Gasteiger partial charge in [-0.3, -0.25) is 8.98 Å². The Morgan fingerprint density at radius 3 is 1.99 bits per heavy atom. The van der Waals surface area contributed by atoms with E-state index in [1.165, 1.54) is 12.1 Å². The lowest BCUT2D eigenvalue weighted by Crippen LogP contribution is -2.40. The second-order valence-corrected chi connectivity index (χ2v) is 17.9. The predicted octanol–water partition coefficient (Wildman–Crippen LogP) is 8.92. The summed E-state index contributed by atoms with van der Waals surface area (Å²) in [7, 11) is -3.80. The molecule has 0 N–H and O–H groups in total. The van der Waals surface area contributed by atoms with Crippen molar-refractivity contribution in [2.75, 3.05) is 90.7 Å². The average Bonchev–Trinajstić information content (AvgIpc) is 3.34. The average molecular weight is 939 g/mol. The van der Waals surface area contributed by atoms with Crippen LogP contribution >= 0.6 is 0 Å². The number of pyridine rings is 1. The first-order valence-corrected chi connectivity index (χ1v) is 24.7. The molecule has 0 radical (unpaired) electrons. The van der Waals surface area contributed by atoms with Crippen LogP contribution in [0.25, 0.3) is 11.1 Å². The van der Waals surface area contributed by atoms with Gasteiger partial charge in [0.15, 0.2) is 5.78 Å². The molecule has 67 heavy (non-hydrogen) atoms. The van der Waals surface area contributed by atoms with Gasteiger partial charge >= 0.3 is 0 Å². The molecule has 0 aliphatic carbocycles. The van der Waals surface area contributed by atoms with Crippen LogP contribution in [0.5, 0.6) is 11.6 Å². The smallest absolute Gasteiger partial charge is 0.297 e. The summed E-state index contributed by atoms with van der Waals surface area (Å²) in [6, 6.07) is 31.1. The first-order valence-electron chi connectivity index (χ1n) is 23.3. The number of carbonyl (C=O) groups excluding carboxylic acids is 1. The fraction of sp³-hybridized carbons (Fsp3) is 0.434. The van der Waals surface area contributed by atoms with Crippen LogP contribution in [-0.4, -0.2) is 111 Å². The molecule has 0 amide bonds. The van der Waals surface area contributed by atoms with E-state index in [0.29, 0.717) is 84.2 Å². The minimum Gasteiger partial charge on any atom is -0.491 e. The van der Waals surface area contributed by atoms with Gasteiger partial charge in [0.25, 0.3) is 10.1 Å². The van der Waals surface area contributed by atoms with Crippen LogP contribution in [0.4, 0.5) is 5.69 Å². The summed E-state index contributed by atoms with van der Waals surface area (Å²) in [4.78, 5) is 21.5. The Labute approximate surface area is 396 Å².